The van der Waals surface area contributed by atoms with Crippen LogP contribution in [0.15, 0.2) is 0 Å². The Morgan fingerprint density at radius 2 is 0.915 bits per heavy atom. The molecule has 2 unspecified atom stereocenters. The number of nitrogens with two attached hydrogens (primary N) is 1. The van der Waals surface area contributed by atoms with Gasteiger partial charge in [0.1, 0.15) is 17.9 Å². The number of hydrogen-bond acceptors (Lipinski definition) is 10. The van der Waals surface area contributed by atoms with Crippen molar-refractivity contribution in [1.29, 1.82) is 0 Å². The summed E-state index contributed by atoms with van der Waals surface area (Å²) in [5.74, 6) is -3.86. The summed E-state index contributed by atoms with van der Waals surface area (Å²) in [6.45, 7) is 2.40. The molecule has 16 nitrogen and oxygen atoms in total. The average Bonchev–Trinajstić information content (AvgIpc) is 3.19. The van der Waals surface area contributed by atoms with Crippen molar-refractivity contribution >= 4 is 47.1 Å². The van der Waals surface area contributed by atoms with E-state index in [-0.39, 0.29) is 68.7 Å². The fourth-order valence-corrected chi connectivity index (χ4v) is 6.70. The molecule has 16 heteroatoms. The van der Waals surface area contributed by atoms with E-state index in [9.17, 15) is 43.5 Å². The molecular weight excluding hydrogens is 761 g/mol. The van der Waals surface area contributed by atoms with Gasteiger partial charge in [-0.3, -0.25) is 28.8 Å². The van der Waals surface area contributed by atoms with E-state index in [1.54, 1.807) is 14.0 Å². The molecule has 340 valence electrons. The van der Waals surface area contributed by atoms with Crippen LogP contribution in [0.25, 0.3) is 0 Å². The molecule has 0 aromatic heterocycles. The highest BCUT2D eigenvalue weighted by atomic mass is 16.4. The Bertz CT molecular complexity index is 1230. The van der Waals surface area contributed by atoms with Crippen molar-refractivity contribution < 1.29 is 48.6 Å². The van der Waals surface area contributed by atoms with Crippen molar-refractivity contribution in [3.05, 3.63) is 0 Å². The number of nitrogens with one attached hydrogen (secondary N) is 5. The van der Waals surface area contributed by atoms with Crippen molar-refractivity contribution in [3.63, 3.8) is 0 Å². The van der Waals surface area contributed by atoms with E-state index in [1.807, 2.05) is 0 Å². The first-order chi connectivity index (χ1) is 28.3. The van der Waals surface area contributed by atoms with Gasteiger partial charge in [-0.25, -0.2) is 4.79 Å². The van der Waals surface area contributed by atoms with Gasteiger partial charge in [0.05, 0.1) is 12.6 Å². The number of carbonyl (C=O) groups is 8. The van der Waals surface area contributed by atoms with E-state index in [0.29, 0.717) is 51.5 Å². The van der Waals surface area contributed by atoms with Crippen molar-refractivity contribution in [3.8, 4) is 0 Å². The summed E-state index contributed by atoms with van der Waals surface area (Å²) in [5.41, 5.74) is 5.41. The van der Waals surface area contributed by atoms with E-state index < -0.39 is 41.7 Å². The van der Waals surface area contributed by atoms with Gasteiger partial charge in [-0.1, -0.05) is 83.5 Å². The molecule has 0 radical (unpaired) electrons. The number of carboxylic acids is 2. The first-order valence-corrected chi connectivity index (χ1v) is 22.3. The number of carbonyl (C=O) groups excluding carboxylic acids is 6. The first kappa shape index (κ1) is 55.1. The monoisotopic (exact) mass is 839 g/mol. The van der Waals surface area contributed by atoms with Gasteiger partial charge in [-0.15, -0.1) is 0 Å². The molecule has 0 bridgehead atoms. The molecule has 0 aliphatic carbocycles. The first-order valence-electron chi connectivity index (χ1n) is 22.3. The van der Waals surface area contributed by atoms with E-state index in [0.717, 1.165) is 51.4 Å². The molecule has 0 rings (SSSR count). The fraction of sp³-hybridized carbons (Fsp3) is 0.814. The number of aliphatic carboxylic acids is 2. The highest BCUT2D eigenvalue weighted by Crippen LogP contribution is 2.14. The number of carboxylic acid groups (broad SMARTS) is 2. The third-order valence-corrected chi connectivity index (χ3v) is 10.3. The highest BCUT2D eigenvalue weighted by molar-refractivity contribution is 5.89. The lowest BCUT2D eigenvalue weighted by molar-refractivity contribution is -0.142. The third kappa shape index (κ3) is 33.6. The van der Waals surface area contributed by atoms with Crippen LogP contribution in [0.2, 0.25) is 0 Å². The van der Waals surface area contributed by atoms with Gasteiger partial charge in [-0.05, 0) is 71.8 Å². The maximum absolute atomic E-state index is 12.8. The van der Waals surface area contributed by atoms with Gasteiger partial charge in [-0.2, -0.15) is 0 Å². The van der Waals surface area contributed by atoms with E-state index in [1.165, 1.54) is 44.9 Å². The summed E-state index contributed by atoms with van der Waals surface area (Å²) in [6.07, 6.45) is 19.7. The summed E-state index contributed by atoms with van der Waals surface area (Å²) in [4.78, 5) is 95.9. The van der Waals surface area contributed by atoms with Crippen LogP contribution in [0.4, 0.5) is 0 Å². The smallest absolute Gasteiger partial charge is 0.326 e. The summed E-state index contributed by atoms with van der Waals surface area (Å²) < 4.78 is 0. The Hall–Kier alpha value is -3.92. The van der Waals surface area contributed by atoms with Crippen molar-refractivity contribution in [2.75, 3.05) is 26.7 Å². The molecule has 59 heavy (non-hydrogen) atoms. The van der Waals surface area contributed by atoms with Gasteiger partial charge in [0.2, 0.25) is 23.6 Å². The lowest BCUT2D eigenvalue weighted by Gasteiger charge is -2.19. The highest BCUT2D eigenvalue weighted by Gasteiger charge is 2.25. The number of ketones is 2. The SMILES string of the molecule is CN[C@@H](CCCCNC(=O)CCCCCNC(=O)C(CCC(=O)O)NC(=O)CCC(NC(=O)CCCCCCCCCCCCCCCCC(C)=O)C(=O)O)C(=O)CN. The molecule has 0 heterocycles. The van der Waals surface area contributed by atoms with Crippen molar-refractivity contribution in [2.24, 2.45) is 5.73 Å². The number of rotatable bonds is 41. The molecule has 0 aromatic carbocycles. The predicted molar refractivity (Wildman–Crippen MR) is 227 cm³/mol. The van der Waals surface area contributed by atoms with Gasteiger partial charge in [0.15, 0.2) is 5.78 Å². The Balaban J connectivity index is 4.28. The Labute approximate surface area is 352 Å². The maximum Gasteiger partial charge on any atom is 0.326 e. The molecule has 0 fully saturated rings. The second-order valence-corrected chi connectivity index (χ2v) is 15.7. The fourth-order valence-electron chi connectivity index (χ4n) is 6.70. The summed E-state index contributed by atoms with van der Waals surface area (Å²) >= 11 is 0. The van der Waals surface area contributed by atoms with Crippen LogP contribution in [-0.2, 0) is 38.4 Å². The van der Waals surface area contributed by atoms with E-state index in [4.69, 9.17) is 10.8 Å². The molecule has 0 saturated carbocycles. The number of Topliss-reactive ketones (excluding diaryl/α,β-unsaturated/α-hetero) is 2. The largest absolute Gasteiger partial charge is 0.481 e. The van der Waals surface area contributed by atoms with Crippen molar-refractivity contribution in [1.82, 2.24) is 26.6 Å². The second-order valence-electron chi connectivity index (χ2n) is 15.7. The quantitative estimate of drug-likeness (QED) is 0.0393. The molecule has 9 N–H and O–H groups in total. The Morgan fingerprint density at radius 1 is 0.475 bits per heavy atom. The van der Waals surface area contributed by atoms with Crippen LogP contribution in [0, 0.1) is 0 Å². The minimum absolute atomic E-state index is 0.0102. The molecule has 4 amide bonds. The van der Waals surface area contributed by atoms with E-state index in [2.05, 4.69) is 26.6 Å². The normalized spacial score (nSPS) is 12.5. The molecule has 0 spiro atoms. The molecule has 0 aliphatic rings. The average molecular weight is 839 g/mol. The van der Waals surface area contributed by atoms with Crippen LogP contribution in [-0.4, -0.2) is 102 Å². The van der Waals surface area contributed by atoms with Crippen LogP contribution < -0.4 is 32.3 Å². The zero-order valence-electron chi connectivity index (χ0n) is 36.2. The number of hydrogen-bond donors (Lipinski definition) is 8. The molecule has 0 aliphatic heterocycles. The van der Waals surface area contributed by atoms with Gasteiger partial charge in [0, 0.05) is 45.2 Å². The second kappa shape index (κ2) is 37.1. The van der Waals surface area contributed by atoms with Crippen LogP contribution in [0.5, 0.6) is 0 Å². The van der Waals surface area contributed by atoms with Gasteiger partial charge < -0.3 is 47.3 Å². The third-order valence-electron chi connectivity index (χ3n) is 10.3. The molecular formula is C43H78N6O10. The molecule has 0 saturated heterocycles. The maximum atomic E-state index is 12.8. The van der Waals surface area contributed by atoms with Gasteiger partial charge >= 0.3 is 11.9 Å². The summed E-state index contributed by atoms with van der Waals surface area (Å²) in [7, 11) is 1.71. The van der Waals surface area contributed by atoms with Crippen molar-refractivity contribution in [2.45, 2.75) is 198 Å². The minimum atomic E-state index is -1.28. The molecule has 3 atom stereocenters. The lowest BCUT2D eigenvalue weighted by Crippen LogP contribution is -2.48. The summed E-state index contributed by atoms with van der Waals surface area (Å²) in [5, 5.41) is 32.3. The zero-order chi connectivity index (χ0) is 44.1. The standard InChI is InChI=1S/C43H78N6O10/c1-33(50)22-16-13-11-9-7-5-3-4-6-8-10-12-14-17-25-39(53)49-36(43(58)59)26-28-40(54)48-35(27-29-41(55)56)42(57)47-31-20-15-18-24-38(52)46-30-21-19-23-34(45-2)37(51)32-44/h34-36,45H,3-32,44H2,1-2H3,(H,46,52)(H,47,57)(H,48,54)(H,49,53)(H,55,56)(H,58,59)/t34-,35?,36?/m0/s1. The Morgan fingerprint density at radius 3 is 1.42 bits per heavy atom. The lowest BCUT2D eigenvalue weighted by atomic mass is 10.0. The van der Waals surface area contributed by atoms with Crippen LogP contribution in [0.1, 0.15) is 180 Å². The summed E-state index contributed by atoms with van der Waals surface area (Å²) in [6, 6.07) is -2.69. The van der Waals surface area contributed by atoms with Crippen LogP contribution >= 0.6 is 0 Å². The van der Waals surface area contributed by atoms with E-state index >= 15 is 0 Å². The minimum Gasteiger partial charge on any atom is -0.481 e. The number of amides is 4. The zero-order valence-corrected chi connectivity index (χ0v) is 36.2. The Kier molecular flexibility index (Phi) is 34.6. The molecule has 0 aromatic rings. The number of unbranched alkanes of at least 4 members (excludes halogenated alkanes) is 16. The van der Waals surface area contributed by atoms with Gasteiger partial charge in [0.25, 0.3) is 0 Å². The topological polar surface area (TPSA) is 263 Å². The number of likely N-dealkylation sites (N-methyl/N-ethyl adjacent to an activating group) is 1. The van der Waals surface area contributed by atoms with Crippen LogP contribution in [0.3, 0.4) is 0 Å². The predicted octanol–water partition coefficient (Wildman–Crippen LogP) is 4.60.